The Morgan fingerprint density at radius 3 is 3.04 bits per heavy atom. The van der Waals surface area contributed by atoms with Crippen molar-refractivity contribution in [2.75, 3.05) is 13.1 Å². The first-order valence-corrected chi connectivity index (χ1v) is 9.73. The number of carbonyl (C=O) groups excluding carboxylic acids is 1. The average molecular weight is 378 g/mol. The van der Waals surface area contributed by atoms with E-state index in [1.54, 1.807) is 6.20 Å². The maximum Gasteiger partial charge on any atom is 0.254 e. The van der Waals surface area contributed by atoms with Crippen LogP contribution < -0.4 is 10.6 Å². The molecule has 1 saturated heterocycles. The van der Waals surface area contributed by atoms with E-state index in [4.69, 9.17) is 4.52 Å². The maximum absolute atomic E-state index is 12.7. The van der Waals surface area contributed by atoms with Crippen molar-refractivity contribution in [3.63, 3.8) is 0 Å². The van der Waals surface area contributed by atoms with Gasteiger partial charge in [0.25, 0.3) is 5.91 Å². The number of nitrogens with zero attached hydrogens (tertiary/aromatic N) is 4. The molecule has 0 bridgehead atoms. The van der Waals surface area contributed by atoms with Crippen LogP contribution in [0, 0.1) is 0 Å². The van der Waals surface area contributed by atoms with Crippen LogP contribution in [0.25, 0.3) is 11.4 Å². The Hall–Kier alpha value is -3.00. The van der Waals surface area contributed by atoms with Crippen LogP contribution in [0.15, 0.2) is 35.1 Å². The minimum absolute atomic E-state index is 0.0155. The predicted octanol–water partition coefficient (Wildman–Crippen LogP) is 2.06. The lowest BCUT2D eigenvalue weighted by molar-refractivity contribution is 0.0936. The summed E-state index contributed by atoms with van der Waals surface area (Å²) in [5.74, 6) is 1.18. The normalized spacial score (nSPS) is 18.7. The molecule has 144 valence electrons. The van der Waals surface area contributed by atoms with Crippen molar-refractivity contribution in [1.29, 1.82) is 0 Å². The summed E-state index contributed by atoms with van der Waals surface area (Å²) in [5, 5.41) is 14.7. The number of fused-ring (bicyclic) bond motifs is 1. The van der Waals surface area contributed by atoms with Gasteiger partial charge in [0, 0.05) is 31.3 Å². The van der Waals surface area contributed by atoms with Crippen molar-refractivity contribution in [2.24, 2.45) is 0 Å². The SMILES string of the molecule is CCc1nc(-c2ccc3c(c2)CCC3NC(=O)c2cnn(C3CNC3)c2)no1. The first-order chi connectivity index (χ1) is 13.7. The Morgan fingerprint density at radius 2 is 2.29 bits per heavy atom. The summed E-state index contributed by atoms with van der Waals surface area (Å²) in [6, 6.07) is 6.53. The van der Waals surface area contributed by atoms with Gasteiger partial charge in [0.2, 0.25) is 11.7 Å². The van der Waals surface area contributed by atoms with Crippen molar-refractivity contribution in [3.05, 3.63) is 53.2 Å². The second-order valence-electron chi connectivity index (χ2n) is 7.36. The zero-order chi connectivity index (χ0) is 19.1. The molecule has 0 spiro atoms. The van der Waals surface area contributed by atoms with Crippen LogP contribution in [0.3, 0.4) is 0 Å². The molecule has 8 heteroatoms. The first kappa shape index (κ1) is 17.1. The van der Waals surface area contributed by atoms with Gasteiger partial charge < -0.3 is 15.2 Å². The van der Waals surface area contributed by atoms with E-state index in [1.165, 1.54) is 5.56 Å². The average Bonchev–Trinajstić information content (AvgIpc) is 3.39. The van der Waals surface area contributed by atoms with E-state index in [2.05, 4.69) is 38.0 Å². The van der Waals surface area contributed by atoms with Crippen molar-refractivity contribution < 1.29 is 9.32 Å². The summed E-state index contributed by atoms with van der Waals surface area (Å²) >= 11 is 0. The van der Waals surface area contributed by atoms with Gasteiger partial charge in [-0.05, 0) is 30.0 Å². The molecular weight excluding hydrogens is 356 g/mol. The van der Waals surface area contributed by atoms with Crippen LogP contribution in [0.2, 0.25) is 0 Å². The Morgan fingerprint density at radius 1 is 1.39 bits per heavy atom. The topological polar surface area (TPSA) is 97.9 Å². The molecule has 0 radical (unpaired) electrons. The highest BCUT2D eigenvalue weighted by molar-refractivity contribution is 5.94. The predicted molar refractivity (Wildman–Crippen MR) is 102 cm³/mol. The van der Waals surface area contributed by atoms with Gasteiger partial charge in [0.1, 0.15) is 0 Å². The number of carbonyl (C=O) groups is 1. The second-order valence-corrected chi connectivity index (χ2v) is 7.36. The lowest BCUT2D eigenvalue weighted by Gasteiger charge is -2.27. The van der Waals surface area contributed by atoms with Crippen LogP contribution >= 0.6 is 0 Å². The van der Waals surface area contributed by atoms with Gasteiger partial charge in [0.15, 0.2) is 0 Å². The molecule has 2 aromatic heterocycles. The standard InChI is InChI=1S/C20H22N6O2/c1-2-18-24-19(25-28-18)13-3-5-16-12(7-13)4-6-17(16)23-20(27)14-8-22-26(11-14)15-9-21-10-15/h3,5,7-8,11,15,17,21H,2,4,6,9-10H2,1H3,(H,23,27). The molecule has 3 heterocycles. The van der Waals surface area contributed by atoms with Gasteiger partial charge in [-0.3, -0.25) is 9.48 Å². The lowest BCUT2D eigenvalue weighted by Crippen LogP contribution is -2.43. The molecule has 28 heavy (non-hydrogen) atoms. The van der Waals surface area contributed by atoms with Gasteiger partial charge in [0.05, 0.1) is 23.8 Å². The third-order valence-electron chi connectivity index (χ3n) is 5.55. The zero-order valence-corrected chi connectivity index (χ0v) is 15.7. The molecule has 3 aromatic rings. The van der Waals surface area contributed by atoms with Gasteiger partial charge in [-0.25, -0.2) is 0 Å². The van der Waals surface area contributed by atoms with E-state index in [0.717, 1.165) is 43.5 Å². The Labute approximate surface area is 162 Å². The van der Waals surface area contributed by atoms with Crippen LogP contribution in [-0.2, 0) is 12.8 Å². The number of hydrogen-bond donors (Lipinski definition) is 2. The fourth-order valence-electron chi connectivity index (χ4n) is 3.78. The van der Waals surface area contributed by atoms with Crippen molar-refractivity contribution in [3.8, 4) is 11.4 Å². The van der Waals surface area contributed by atoms with Gasteiger partial charge in [-0.15, -0.1) is 0 Å². The monoisotopic (exact) mass is 378 g/mol. The van der Waals surface area contributed by atoms with Crippen LogP contribution in [-0.4, -0.2) is 38.9 Å². The summed E-state index contributed by atoms with van der Waals surface area (Å²) in [7, 11) is 0. The number of aryl methyl sites for hydroxylation is 2. The number of aromatic nitrogens is 4. The molecule has 2 N–H and O–H groups in total. The third-order valence-corrected chi connectivity index (χ3v) is 5.55. The summed E-state index contributed by atoms with van der Waals surface area (Å²) in [4.78, 5) is 17.1. The molecule has 1 aliphatic carbocycles. The Bertz CT molecular complexity index is 1020. The lowest BCUT2D eigenvalue weighted by atomic mass is 10.0. The van der Waals surface area contributed by atoms with Crippen LogP contribution in [0.4, 0.5) is 0 Å². The minimum atomic E-state index is -0.0776. The van der Waals surface area contributed by atoms with Crippen molar-refractivity contribution >= 4 is 5.91 Å². The highest BCUT2D eigenvalue weighted by Crippen LogP contribution is 2.34. The molecule has 1 fully saturated rings. The van der Waals surface area contributed by atoms with E-state index in [1.807, 2.05) is 23.9 Å². The number of nitrogens with one attached hydrogen (secondary N) is 2. The molecule has 1 unspecified atom stereocenters. The van der Waals surface area contributed by atoms with Gasteiger partial charge >= 0.3 is 0 Å². The smallest absolute Gasteiger partial charge is 0.254 e. The van der Waals surface area contributed by atoms with Gasteiger partial charge in [-0.2, -0.15) is 10.1 Å². The van der Waals surface area contributed by atoms with E-state index in [9.17, 15) is 4.79 Å². The summed E-state index contributed by atoms with van der Waals surface area (Å²) in [6.07, 6.45) is 6.01. The van der Waals surface area contributed by atoms with Crippen LogP contribution in [0.5, 0.6) is 0 Å². The molecule has 1 aromatic carbocycles. The number of hydrogen-bond acceptors (Lipinski definition) is 6. The fourth-order valence-corrected chi connectivity index (χ4v) is 3.78. The Balaban J connectivity index is 1.30. The largest absolute Gasteiger partial charge is 0.345 e. The van der Waals surface area contributed by atoms with Crippen molar-refractivity contribution in [2.45, 2.75) is 38.3 Å². The first-order valence-electron chi connectivity index (χ1n) is 9.73. The number of amides is 1. The van der Waals surface area contributed by atoms with E-state index in [-0.39, 0.29) is 11.9 Å². The van der Waals surface area contributed by atoms with E-state index >= 15 is 0 Å². The number of benzene rings is 1. The molecule has 0 saturated carbocycles. The second kappa shape index (κ2) is 6.87. The highest BCUT2D eigenvalue weighted by Gasteiger charge is 2.26. The molecular formula is C20H22N6O2. The zero-order valence-electron chi connectivity index (χ0n) is 15.7. The number of rotatable bonds is 5. The molecule has 8 nitrogen and oxygen atoms in total. The summed E-state index contributed by atoms with van der Waals surface area (Å²) in [5.41, 5.74) is 3.94. The summed E-state index contributed by atoms with van der Waals surface area (Å²) < 4.78 is 7.08. The molecule has 1 amide bonds. The Kier molecular flexibility index (Phi) is 4.20. The molecule has 1 aliphatic heterocycles. The molecule has 5 rings (SSSR count). The third kappa shape index (κ3) is 2.99. The maximum atomic E-state index is 12.7. The van der Waals surface area contributed by atoms with Crippen LogP contribution in [0.1, 0.15) is 52.8 Å². The fraction of sp³-hybridized carbons (Fsp3) is 0.400. The van der Waals surface area contributed by atoms with E-state index < -0.39 is 0 Å². The molecule has 2 aliphatic rings. The van der Waals surface area contributed by atoms with E-state index in [0.29, 0.717) is 23.3 Å². The highest BCUT2D eigenvalue weighted by atomic mass is 16.5. The summed E-state index contributed by atoms with van der Waals surface area (Å²) in [6.45, 7) is 3.79. The molecule has 1 atom stereocenters. The quantitative estimate of drug-likeness (QED) is 0.705. The van der Waals surface area contributed by atoms with Crippen molar-refractivity contribution in [1.82, 2.24) is 30.6 Å². The van der Waals surface area contributed by atoms with Gasteiger partial charge in [-0.1, -0.05) is 24.2 Å². The minimum Gasteiger partial charge on any atom is -0.345 e.